The summed E-state index contributed by atoms with van der Waals surface area (Å²) >= 11 is 0. The molecule has 0 aliphatic carbocycles. The molecule has 2 aromatic rings. The molecule has 1 saturated heterocycles. The maximum atomic E-state index is 13.7. The number of aromatic hydroxyl groups is 2. The standard InChI is InChI=1S/C26H34F4N2O6/c27-21-13-19(14-22(28)25(21)33)17-31-1-5-35-9-10-37-7-3-32(4-8-38-12-11-36-6-2-31)18-20-15-23(29)26(34)24(30)16-20/h13-16,33-34H,1-12,17-18H2. The fourth-order valence-corrected chi connectivity index (χ4v) is 3.89. The molecule has 0 spiro atoms. The molecule has 0 unspecified atom stereocenters. The van der Waals surface area contributed by atoms with Crippen molar-refractivity contribution >= 4 is 0 Å². The summed E-state index contributed by atoms with van der Waals surface area (Å²) in [5.41, 5.74) is 0.767. The highest BCUT2D eigenvalue weighted by atomic mass is 19.1. The van der Waals surface area contributed by atoms with E-state index in [4.69, 9.17) is 18.9 Å². The highest BCUT2D eigenvalue weighted by molar-refractivity contribution is 5.30. The second-order valence-electron chi connectivity index (χ2n) is 8.82. The van der Waals surface area contributed by atoms with Gasteiger partial charge in [0.15, 0.2) is 34.8 Å². The second-order valence-corrected chi connectivity index (χ2v) is 8.82. The highest BCUT2D eigenvalue weighted by Crippen LogP contribution is 2.23. The lowest BCUT2D eigenvalue weighted by atomic mass is 10.2. The molecular formula is C26H34F4N2O6. The predicted octanol–water partition coefficient (Wildman–Crippen LogP) is 3.04. The fraction of sp³-hybridized carbons (Fsp3) is 0.538. The van der Waals surface area contributed by atoms with Crippen LogP contribution in [-0.2, 0) is 32.0 Å². The van der Waals surface area contributed by atoms with Gasteiger partial charge in [-0.15, -0.1) is 0 Å². The molecule has 1 heterocycles. The fourth-order valence-electron chi connectivity index (χ4n) is 3.89. The van der Waals surface area contributed by atoms with Crippen LogP contribution in [-0.4, -0.2) is 99.0 Å². The van der Waals surface area contributed by atoms with E-state index < -0.39 is 34.8 Å². The lowest BCUT2D eigenvalue weighted by Gasteiger charge is -2.24. The van der Waals surface area contributed by atoms with Crippen molar-refractivity contribution < 1.29 is 46.7 Å². The van der Waals surface area contributed by atoms with Crippen LogP contribution in [0.1, 0.15) is 11.1 Å². The topological polar surface area (TPSA) is 83.9 Å². The van der Waals surface area contributed by atoms with E-state index in [0.717, 1.165) is 24.3 Å². The summed E-state index contributed by atoms with van der Waals surface area (Å²) in [7, 11) is 0. The van der Waals surface area contributed by atoms with Gasteiger partial charge in [-0.1, -0.05) is 0 Å². The van der Waals surface area contributed by atoms with Gasteiger partial charge in [-0.05, 0) is 35.4 Å². The maximum Gasteiger partial charge on any atom is 0.187 e. The van der Waals surface area contributed by atoms with E-state index >= 15 is 0 Å². The van der Waals surface area contributed by atoms with Crippen molar-refractivity contribution in [2.45, 2.75) is 13.1 Å². The highest BCUT2D eigenvalue weighted by Gasteiger charge is 2.15. The largest absolute Gasteiger partial charge is 0.503 e. The molecule has 0 bridgehead atoms. The van der Waals surface area contributed by atoms with Crippen LogP contribution in [0.4, 0.5) is 17.6 Å². The third-order valence-corrected chi connectivity index (χ3v) is 5.92. The minimum absolute atomic E-state index is 0.249. The Balaban J connectivity index is 1.50. The molecular weight excluding hydrogens is 512 g/mol. The van der Waals surface area contributed by atoms with Crippen molar-refractivity contribution in [3.8, 4) is 11.5 Å². The van der Waals surface area contributed by atoms with Gasteiger partial charge in [-0.2, -0.15) is 0 Å². The molecule has 1 aliphatic heterocycles. The first-order chi connectivity index (χ1) is 18.3. The molecule has 8 nitrogen and oxygen atoms in total. The lowest BCUT2D eigenvalue weighted by molar-refractivity contribution is 0.00620. The average molecular weight is 547 g/mol. The van der Waals surface area contributed by atoms with Crippen molar-refractivity contribution in [2.24, 2.45) is 0 Å². The smallest absolute Gasteiger partial charge is 0.187 e. The molecule has 2 aromatic carbocycles. The Kier molecular flexibility index (Phi) is 12.5. The minimum Gasteiger partial charge on any atom is -0.503 e. The molecule has 38 heavy (non-hydrogen) atoms. The summed E-state index contributed by atoms with van der Waals surface area (Å²) in [4.78, 5) is 3.87. The van der Waals surface area contributed by atoms with Gasteiger partial charge in [0, 0.05) is 39.3 Å². The summed E-state index contributed by atoms with van der Waals surface area (Å²) in [5.74, 6) is -6.03. The molecule has 0 amide bonds. The summed E-state index contributed by atoms with van der Waals surface area (Å²) in [5, 5.41) is 18.6. The van der Waals surface area contributed by atoms with Gasteiger partial charge < -0.3 is 29.2 Å². The number of nitrogens with zero attached hydrogens (tertiary/aromatic N) is 2. The Bertz CT molecular complexity index is 870. The van der Waals surface area contributed by atoms with Crippen LogP contribution in [0.15, 0.2) is 24.3 Å². The summed E-state index contributed by atoms with van der Waals surface area (Å²) in [6.45, 7) is 5.22. The van der Waals surface area contributed by atoms with E-state index in [0.29, 0.717) is 90.2 Å². The van der Waals surface area contributed by atoms with Crippen molar-refractivity contribution in [1.82, 2.24) is 9.80 Å². The Hall–Kier alpha value is -2.48. The SMILES string of the molecule is Oc1c(F)cc(CN2CCOCCOCCN(Cc3cc(F)c(O)c(F)c3)CCOCCOCC2)cc1F. The van der Waals surface area contributed by atoms with E-state index in [2.05, 4.69) is 0 Å². The summed E-state index contributed by atoms with van der Waals surface area (Å²) in [6, 6.07) is 4.41. The maximum absolute atomic E-state index is 13.7. The Labute approximate surface area is 219 Å². The number of phenols is 2. The normalized spacial score (nSPS) is 18.6. The summed E-state index contributed by atoms with van der Waals surface area (Å²) < 4.78 is 77.5. The molecule has 0 aromatic heterocycles. The van der Waals surface area contributed by atoms with Crippen LogP contribution in [0.3, 0.4) is 0 Å². The number of hydrogen-bond acceptors (Lipinski definition) is 8. The van der Waals surface area contributed by atoms with Crippen molar-refractivity contribution in [3.63, 3.8) is 0 Å². The van der Waals surface area contributed by atoms with Crippen LogP contribution in [0.2, 0.25) is 0 Å². The van der Waals surface area contributed by atoms with Gasteiger partial charge in [-0.25, -0.2) is 17.6 Å². The third kappa shape index (κ3) is 10.0. The number of benzene rings is 2. The number of rotatable bonds is 4. The Morgan fingerprint density at radius 3 is 1.03 bits per heavy atom. The van der Waals surface area contributed by atoms with Gasteiger partial charge in [0.05, 0.1) is 52.9 Å². The average Bonchev–Trinajstić information content (AvgIpc) is 2.87. The Morgan fingerprint density at radius 2 is 0.763 bits per heavy atom. The molecule has 212 valence electrons. The zero-order valence-electron chi connectivity index (χ0n) is 21.1. The van der Waals surface area contributed by atoms with Crippen LogP contribution >= 0.6 is 0 Å². The number of halogens is 4. The van der Waals surface area contributed by atoms with Crippen LogP contribution in [0.5, 0.6) is 11.5 Å². The number of hydrogen-bond donors (Lipinski definition) is 2. The summed E-state index contributed by atoms with van der Waals surface area (Å²) in [6.07, 6.45) is 0. The van der Waals surface area contributed by atoms with Crippen LogP contribution < -0.4 is 0 Å². The van der Waals surface area contributed by atoms with Gasteiger partial charge in [0.1, 0.15) is 0 Å². The molecule has 0 atom stereocenters. The van der Waals surface area contributed by atoms with Gasteiger partial charge in [-0.3, -0.25) is 9.80 Å². The van der Waals surface area contributed by atoms with E-state index in [9.17, 15) is 27.8 Å². The lowest BCUT2D eigenvalue weighted by Crippen LogP contribution is -2.32. The van der Waals surface area contributed by atoms with Gasteiger partial charge in [0.25, 0.3) is 0 Å². The molecule has 2 N–H and O–H groups in total. The number of ether oxygens (including phenoxy) is 4. The zero-order chi connectivity index (χ0) is 27.3. The van der Waals surface area contributed by atoms with E-state index in [1.807, 2.05) is 9.80 Å². The zero-order valence-corrected chi connectivity index (χ0v) is 21.1. The Morgan fingerprint density at radius 1 is 0.500 bits per heavy atom. The van der Waals surface area contributed by atoms with E-state index in [-0.39, 0.29) is 13.1 Å². The molecule has 3 rings (SSSR count). The molecule has 1 fully saturated rings. The third-order valence-electron chi connectivity index (χ3n) is 5.92. The van der Waals surface area contributed by atoms with Crippen molar-refractivity contribution in [3.05, 3.63) is 58.7 Å². The van der Waals surface area contributed by atoms with E-state index in [1.165, 1.54) is 0 Å². The first-order valence-electron chi connectivity index (χ1n) is 12.4. The predicted molar refractivity (Wildman–Crippen MR) is 130 cm³/mol. The number of phenolic OH excluding ortho intramolecular Hbond substituents is 2. The molecule has 0 saturated carbocycles. The first kappa shape index (κ1) is 30.1. The van der Waals surface area contributed by atoms with Gasteiger partial charge >= 0.3 is 0 Å². The van der Waals surface area contributed by atoms with Crippen LogP contribution in [0, 0.1) is 23.3 Å². The monoisotopic (exact) mass is 546 g/mol. The van der Waals surface area contributed by atoms with Crippen molar-refractivity contribution in [1.29, 1.82) is 0 Å². The minimum atomic E-state index is -1.01. The second kappa shape index (κ2) is 15.8. The van der Waals surface area contributed by atoms with Crippen LogP contribution in [0.25, 0.3) is 0 Å². The van der Waals surface area contributed by atoms with Crippen molar-refractivity contribution in [2.75, 3.05) is 79.0 Å². The molecule has 1 aliphatic rings. The first-order valence-corrected chi connectivity index (χ1v) is 12.4. The van der Waals surface area contributed by atoms with E-state index in [1.54, 1.807) is 0 Å². The molecule has 0 radical (unpaired) electrons. The quantitative estimate of drug-likeness (QED) is 0.567. The molecule has 12 heteroatoms. The van der Waals surface area contributed by atoms with Gasteiger partial charge in [0.2, 0.25) is 0 Å².